The van der Waals surface area contributed by atoms with Gasteiger partial charge in [0.25, 0.3) is 0 Å². The number of rotatable bonds is 5. The van der Waals surface area contributed by atoms with Gasteiger partial charge in [0.2, 0.25) is 0 Å². The molecule has 6 nitrogen and oxygen atoms in total. The van der Waals surface area contributed by atoms with E-state index in [0.717, 1.165) is 42.5 Å². The summed E-state index contributed by atoms with van der Waals surface area (Å²) in [7, 11) is 0. The molecule has 1 saturated carbocycles. The Morgan fingerprint density at radius 2 is 2.00 bits per heavy atom. The second-order valence-corrected chi connectivity index (χ2v) is 6.64. The van der Waals surface area contributed by atoms with Crippen molar-refractivity contribution in [2.24, 2.45) is 0 Å². The third-order valence-electron chi connectivity index (χ3n) is 4.56. The fourth-order valence-corrected chi connectivity index (χ4v) is 3.21. The highest BCUT2D eigenvalue weighted by Crippen LogP contribution is 2.29. The Morgan fingerprint density at radius 1 is 1.29 bits per heavy atom. The number of benzene rings is 1. The largest absolute Gasteiger partial charge is 0.394 e. The molecule has 0 radical (unpaired) electrons. The third kappa shape index (κ3) is 3.94. The highest BCUT2D eigenvalue weighted by molar-refractivity contribution is 5.89. The van der Waals surface area contributed by atoms with Crippen LogP contribution in [0.15, 0.2) is 36.7 Å². The lowest BCUT2D eigenvalue weighted by atomic mass is 9.99. The first kappa shape index (κ1) is 16.5. The van der Waals surface area contributed by atoms with E-state index < -0.39 is 5.54 Å². The summed E-state index contributed by atoms with van der Waals surface area (Å²) in [6, 6.07) is 7.45. The van der Waals surface area contributed by atoms with Gasteiger partial charge < -0.3 is 15.7 Å². The van der Waals surface area contributed by atoms with E-state index in [1.165, 1.54) is 0 Å². The van der Waals surface area contributed by atoms with Crippen molar-refractivity contribution < 1.29 is 9.90 Å². The third-order valence-corrected chi connectivity index (χ3v) is 4.56. The number of nitrogens with zero attached hydrogens (tertiary/aromatic N) is 2. The minimum atomic E-state index is -0.456. The van der Waals surface area contributed by atoms with Gasteiger partial charge in [0, 0.05) is 11.9 Å². The number of aromatic nitrogens is 2. The number of urea groups is 1. The highest BCUT2D eigenvalue weighted by atomic mass is 16.3. The Labute approximate surface area is 141 Å². The molecule has 128 valence electrons. The summed E-state index contributed by atoms with van der Waals surface area (Å²) in [5.74, 6) is 0. The predicted molar refractivity (Wildman–Crippen MR) is 92.9 cm³/mol. The molecule has 3 N–H and O–H groups in total. The molecule has 1 aliphatic rings. The smallest absolute Gasteiger partial charge is 0.319 e. The van der Waals surface area contributed by atoms with Crippen LogP contribution in [0, 0.1) is 6.92 Å². The van der Waals surface area contributed by atoms with E-state index in [4.69, 9.17) is 0 Å². The second kappa shape index (κ2) is 7.05. The molecule has 1 heterocycles. The van der Waals surface area contributed by atoms with Crippen molar-refractivity contribution in [1.29, 1.82) is 0 Å². The first-order chi connectivity index (χ1) is 11.6. The van der Waals surface area contributed by atoms with E-state index in [-0.39, 0.29) is 12.6 Å². The summed E-state index contributed by atoms with van der Waals surface area (Å²) >= 11 is 0. The number of hydrogen-bond acceptors (Lipinski definition) is 3. The molecule has 1 fully saturated rings. The van der Waals surface area contributed by atoms with Gasteiger partial charge in [-0.1, -0.05) is 25.0 Å². The van der Waals surface area contributed by atoms with Crippen LogP contribution < -0.4 is 10.6 Å². The molecule has 1 aliphatic carbocycles. The molecule has 3 rings (SSSR count). The number of carbonyl (C=O) groups excluding carboxylic acids is 1. The van der Waals surface area contributed by atoms with Crippen LogP contribution in [0.1, 0.15) is 36.8 Å². The molecule has 24 heavy (non-hydrogen) atoms. The highest BCUT2D eigenvalue weighted by Gasteiger charge is 2.34. The van der Waals surface area contributed by atoms with Gasteiger partial charge in [-0.25, -0.2) is 4.79 Å². The van der Waals surface area contributed by atoms with Gasteiger partial charge in [0.05, 0.1) is 24.9 Å². The number of carbonyl (C=O) groups is 1. The molecule has 0 atom stereocenters. The summed E-state index contributed by atoms with van der Waals surface area (Å²) in [6.45, 7) is 2.70. The predicted octanol–water partition coefficient (Wildman–Crippen LogP) is 2.67. The SMILES string of the molecule is Cc1cnn(Cc2ccc(NC(=O)NC3(CO)CCCC3)cc2)c1. The standard InChI is InChI=1S/C18H24N4O2/c1-14-10-19-22(11-14)12-15-4-6-16(7-5-15)20-17(24)21-18(13-23)8-2-3-9-18/h4-7,10-11,23H,2-3,8-9,12-13H2,1H3,(H2,20,21,24). The van der Waals surface area contributed by atoms with Crippen LogP contribution in [0.25, 0.3) is 0 Å². The summed E-state index contributed by atoms with van der Waals surface area (Å²) in [4.78, 5) is 12.2. The van der Waals surface area contributed by atoms with Crippen molar-refractivity contribution >= 4 is 11.7 Å². The maximum absolute atomic E-state index is 12.2. The molecular weight excluding hydrogens is 304 g/mol. The number of amides is 2. The zero-order chi connectivity index (χ0) is 17.0. The molecule has 1 aromatic carbocycles. The van der Waals surface area contributed by atoms with Crippen molar-refractivity contribution in [3.63, 3.8) is 0 Å². The number of aryl methyl sites for hydroxylation is 1. The molecule has 2 amide bonds. The van der Waals surface area contributed by atoms with Gasteiger partial charge in [0.1, 0.15) is 0 Å². The van der Waals surface area contributed by atoms with Crippen molar-refractivity contribution in [3.05, 3.63) is 47.8 Å². The van der Waals surface area contributed by atoms with Gasteiger partial charge in [-0.05, 0) is 43.0 Å². The normalized spacial score (nSPS) is 16.1. The summed E-state index contributed by atoms with van der Waals surface area (Å²) in [6.07, 6.45) is 7.58. The summed E-state index contributed by atoms with van der Waals surface area (Å²) in [5.41, 5.74) is 2.53. The Balaban J connectivity index is 1.56. The number of aliphatic hydroxyl groups is 1. The first-order valence-electron chi connectivity index (χ1n) is 8.37. The van der Waals surface area contributed by atoms with Crippen LogP contribution in [-0.4, -0.2) is 33.1 Å². The molecule has 0 bridgehead atoms. The van der Waals surface area contributed by atoms with E-state index in [1.807, 2.05) is 48.3 Å². The van der Waals surface area contributed by atoms with Crippen molar-refractivity contribution in [2.75, 3.05) is 11.9 Å². The van der Waals surface area contributed by atoms with Crippen molar-refractivity contribution in [3.8, 4) is 0 Å². The molecule has 1 aromatic heterocycles. The second-order valence-electron chi connectivity index (χ2n) is 6.64. The average Bonchev–Trinajstić information content (AvgIpc) is 3.19. The number of aliphatic hydroxyl groups excluding tert-OH is 1. The van der Waals surface area contributed by atoms with Crippen LogP contribution >= 0.6 is 0 Å². The van der Waals surface area contributed by atoms with E-state index in [1.54, 1.807) is 0 Å². The van der Waals surface area contributed by atoms with E-state index in [0.29, 0.717) is 6.54 Å². The lowest BCUT2D eigenvalue weighted by molar-refractivity contribution is 0.167. The summed E-state index contributed by atoms with van der Waals surface area (Å²) < 4.78 is 1.88. The Bertz CT molecular complexity index is 687. The van der Waals surface area contributed by atoms with E-state index in [9.17, 15) is 9.90 Å². The maximum atomic E-state index is 12.2. The molecule has 2 aromatic rings. The van der Waals surface area contributed by atoms with Gasteiger partial charge in [0.15, 0.2) is 0 Å². The Hall–Kier alpha value is -2.34. The zero-order valence-corrected chi connectivity index (χ0v) is 14.0. The molecule has 0 saturated heterocycles. The fraction of sp³-hybridized carbons (Fsp3) is 0.444. The lowest BCUT2D eigenvalue weighted by Gasteiger charge is -2.28. The topological polar surface area (TPSA) is 79.2 Å². The minimum Gasteiger partial charge on any atom is -0.394 e. The maximum Gasteiger partial charge on any atom is 0.319 e. The number of nitrogens with one attached hydrogen (secondary N) is 2. The van der Waals surface area contributed by atoms with Crippen LogP contribution in [0.3, 0.4) is 0 Å². The quantitative estimate of drug-likeness (QED) is 0.789. The molecule has 0 unspecified atom stereocenters. The summed E-state index contributed by atoms with van der Waals surface area (Å²) in [5, 5.41) is 19.6. The van der Waals surface area contributed by atoms with Gasteiger partial charge in [-0.15, -0.1) is 0 Å². The molecule has 0 spiro atoms. The monoisotopic (exact) mass is 328 g/mol. The Kier molecular flexibility index (Phi) is 4.85. The number of hydrogen-bond donors (Lipinski definition) is 3. The van der Waals surface area contributed by atoms with E-state index in [2.05, 4.69) is 15.7 Å². The van der Waals surface area contributed by atoms with E-state index >= 15 is 0 Å². The average molecular weight is 328 g/mol. The Morgan fingerprint density at radius 3 is 2.58 bits per heavy atom. The lowest BCUT2D eigenvalue weighted by Crippen LogP contribution is -2.50. The van der Waals surface area contributed by atoms with Crippen molar-refractivity contribution in [2.45, 2.75) is 44.7 Å². The first-order valence-corrected chi connectivity index (χ1v) is 8.37. The van der Waals surface area contributed by atoms with Crippen LogP contribution in [0.5, 0.6) is 0 Å². The van der Waals surface area contributed by atoms with Crippen molar-refractivity contribution in [1.82, 2.24) is 15.1 Å². The van der Waals surface area contributed by atoms with Gasteiger partial charge in [-0.3, -0.25) is 4.68 Å². The number of anilines is 1. The van der Waals surface area contributed by atoms with Gasteiger partial charge in [-0.2, -0.15) is 5.10 Å². The molecular formula is C18H24N4O2. The van der Waals surface area contributed by atoms with Crippen LogP contribution in [-0.2, 0) is 6.54 Å². The van der Waals surface area contributed by atoms with Crippen LogP contribution in [0.4, 0.5) is 10.5 Å². The van der Waals surface area contributed by atoms with Crippen LogP contribution in [0.2, 0.25) is 0 Å². The molecule has 6 heteroatoms. The molecule has 0 aliphatic heterocycles. The minimum absolute atomic E-state index is 0.0113. The zero-order valence-electron chi connectivity index (χ0n) is 14.0. The van der Waals surface area contributed by atoms with Gasteiger partial charge >= 0.3 is 6.03 Å². The fourth-order valence-electron chi connectivity index (χ4n) is 3.21.